The molecular formula is C37H27BO3. The van der Waals surface area contributed by atoms with Gasteiger partial charge < -0.3 is 14.5 Å². The first-order valence-electron chi connectivity index (χ1n) is 13.8. The molecule has 1 heterocycles. The fraction of sp³-hybridized carbons (Fsp3) is 0.0270. The lowest BCUT2D eigenvalue weighted by molar-refractivity contribution is 0.425. The van der Waals surface area contributed by atoms with Crippen molar-refractivity contribution in [3.05, 3.63) is 162 Å². The van der Waals surface area contributed by atoms with Crippen LogP contribution in [0.4, 0.5) is 0 Å². The third kappa shape index (κ3) is 4.17. The van der Waals surface area contributed by atoms with Crippen LogP contribution in [0.5, 0.6) is 0 Å². The lowest BCUT2D eigenvalue weighted by Gasteiger charge is -2.22. The maximum Gasteiger partial charge on any atom is 0.492 e. The summed E-state index contributed by atoms with van der Waals surface area (Å²) in [5, 5.41) is 25.4. The molecule has 5 aromatic carbocycles. The van der Waals surface area contributed by atoms with E-state index in [1.165, 1.54) is 5.57 Å². The zero-order chi connectivity index (χ0) is 27.9. The molecule has 7 rings (SSSR count). The third-order valence-corrected chi connectivity index (χ3v) is 7.92. The van der Waals surface area contributed by atoms with Gasteiger partial charge in [0.15, 0.2) is 0 Å². The highest BCUT2D eigenvalue weighted by molar-refractivity contribution is 6.64. The molecule has 0 spiro atoms. The van der Waals surface area contributed by atoms with Gasteiger partial charge in [0.05, 0.1) is 0 Å². The Morgan fingerprint density at radius 3 is 2.10 bits per heavy atom. The van der Waals surface area contributed by atoms with E-state index in [0.29, 0.717) is 27.8 Å². The molecule has 1 aliphatic carbocycles. The van der Waals surface area contributed by atoms with Crippen LogP contribution in [0.2, 0.25) is 0 Å². The fourth-order valence-corrected chi connectivity index (χ4v) is 6.17. The van der Waals surface area contributed by atoms with E-state index < -0.39 is 7.12 Å². The van der Waals surface area contributed by atoms with Gasteiger partial charge in [0.1, 0.15) is 11.2 Å². The number of rotatable bonds is 5. The molecule has 6 aromatic rings. The highest BCUT2D eigenvalue weighted by Crippen LogP contribution is 2.41. The van der Waals surface area contributed by atoms with Crippen LogP contribution in [-0.2, 0) is 0 Å². The van der Waals surface area contributed by atoms with Crippen LogP contribution in [-0.4, -0.2) is 17.2 Å². The predicted octanol–water partition coefficient (Wildman–Crippen LogP) is 7.80. The molecular weight excluding hydrogens is 503 g/mol. The maximum absolute atomic E-state index is 10.9. The number of hydrogen-bond acceptors (Lipinski definition) is 3. The molecule has 0 radical (unpaired) electrons. The Kier molecular flexibility index (Phi) is 6.28. The lowest BCUT2D eigenvalue weighted by atomic mass is 9.71. The zero-order valence-corrected chi connectivity index (χ0v) is 22.4. The second-order valence-corrected chi connectivity index (χ2v) is 10.3. The fourth-order valence-electron chi connectivity index (χ4n) is 6.17. The topological polar surface area (TPSA) is 53.6 Å². The van der Waals surface area contributed by atoms with Gasteiger partial charge in [-0.3, -0.25) is 0 Å². The van der Waals surface area contributed by atoms with E-state index in [2.05, 4.69) is 73.3 Å². The quantitative estimate of drug-likeness (QED) is 0.224. The second-order valence-electron chi connectivity index (χ2n) is 10.3. The summed E-state index contributed by atoms with van der Waals surface area (Å²) < 4.78 is 6.33. The molecule has 0 saturated heterocycles. The van der Waals surface area contributed by atoms with Crippen molar-refractivity contribution in [1.82, 2.24) is 0 Å². The first-order chi connectivity index (χ1) is 20.1. The Balaban J connectivity index is 1.55. The van der Waals surface area contributed by atoms with Crippen molar-refractivity contribution in [3.63, 3.8) is 0 Å². The van der Waals surface area contributed by atoms with Gasteiger partial charge in [-0.1, -0.05) is 128 Å². The Morgan fingerprint density at radius 1 is 0.707 bits per heavy atom. The van der Waals surface area contributed by atoms with Crippen molar-refractivity contribution in [2.24, 2.45) is 0 Å². The molecule has 2 N–H and O–H groups in total. The average Bonchev–Trinajstić information content (AvgIpc) is 3.41. The summed E-state index contributed by atoms with van der Waals surface area (Å²) in [6, 6.07) is 34.5. The Labute approximate surface area is 238 Å². The van der Waals surface area contributed by atoms with Crippen LogP contribution in [0.1, 0.15) is 28.7 Å². The minimum Gasteiger partial charge on any atom is -0.456 e. The number of allylic oxidation sites excluding steroid dienone is 5. The predicted molar refractivity (Wildman–Crippen MR) is 171 cm³/mol. The van der Waals surface area contributed by atoms with E-state index in [1.807, 2.05) is 60.7 Å². The third-order valence-electron chi connectivity index (χ3n) is 7.92. The summed E-state index contributed by atoms with van der Waals surface area (Å²) >= 11 is 0. The Bertz CT molecular complexity index is 2060. The second kappa shape index (κ2) is 10.3. The van der Waals surface area contributed by atoms with Gasteiger partial charge in [-0.05, 0) is 62.2 Å². The normalized spacial score (nSPS) is 14.2. The maximum atomic E-state index is 10.9. The van der Waals surface area contributed by atoms with Crippen molar-refractivity contribution in [2.75, 3.05) is 0 Å². The molecule has 196 valence electrons. The van der Waals surface area contributed by atoms with E-state index in [1.54, 1.807) is 0 Å². The number of hydrogen-bond donors (Lipinski definition) is 2. The molecule has 0 saturated carbocycles. The number of benzene rings is 5. The van der Waals surface area contributed by atoms with Gasteiger partial charge in [-0.2, -0.15) is 0 Å². The molecule has 1 aliphatic rings. The summed E-state index contributed by atoms with van der Waals surface area (Å²) in [6.45, 7) is 4.61. The smallest absolute Gasteiger partial charge is 0.456 e. The summed E-state index contributed by atoms with van der Waals surface area (Å²) in [7, 11) is -1.76. The molecule has 0 bridgehead atoms. The van der Waals surface area contributed by atoms with Gasteiger partial charge in [0.25, 0.3) is 0 Å². The molecule has 0 amide bonds. The molecule has 4 heteroatoms. The zero-order valence-electron chi connectivity index (χ0n) is 22.4. The summed E-state index contributed by atoms with van der Waals surface area (Å²) in [6.07, 6.45) is 9.29. The van der Waals surface area contributed by atoms with Gasteiger partial charge in [0, 0.05) is 16.2 Å². The minimum absolute atomic E-state index is 0.323. The van der Waals surface area contributed by atoms with Crippen molar-refractivity contribution in [1.29, 1.82) is 0 Å². The van der Waals surface area contributed by atoms with E-state index in [0.717, 1.165) is 50.2 Å². The molecule has 3 nitrogen and oxygen atoms in total. The highest BCUT2D eigenvalue weighted by Gasteiger charge is 2.29. The molecule has 41 heavy (non-hydrogen) atoms. The van der Waals surface area contributed by atoms with Gasteiger partial charge in [-0.25, -0.2) is 0 Å². The monoisotopic (exact) mass is 530 g/mol. The molecule has 0 aliphatic heterocycles. The van der Waals surface area contributed by atoms with Crippen molar-refractivity contribution in [2.45, 2.75) is 6.42 Å². The largest absolute Gasteiger partial charge is 0.492 e. The van der Waals surface area contributed by atoms with E-state index in [9.17, 15) is 10.0 Å². The Morgan fingerprint density at radius 2 is 1.37 bits per heavy atom. The first kappa shape index (κ1) is 25.1. The highest BCUT2D eigenvalue weighted by atomic mass is 16.4. The standard InChI is InChI=1S/C37H27BO3/c1-24(27-18-8-9-19-28(27)34(25-14-4-2-5-15-25)26-16-6-3-7-17-26)33-29-20-10-11-21-30(29)35-31-22-12-13-23-32(31)41-37(35)36(33)38(39)40/h2-16,18-23,39-40H,1,17H2/b34-26-. The van der Waals surface area contributed by atoms with Crippen molar-refractivity contribution < 1.29 is 14.5 Å². The van der Waals surface area contributed by atoms with Crippen LogP contribution >= 0.6 is 0 Å². The average molecular weight is 530 g/mol. The summed E-state index contributed by atoms with van der Waals surface area (Å²) in [5.74, 6) is 0. The van der Waals surface area contributed by atoms with E-state index in [-0.39, 0.29) is 0 Å². The van der Waals surface area contributed by atoms with Gasteiger partial charge in [-0.15, -0.1) is 0 Å². The van der Waals surface area contributed by atoms with Crippen LogP contribution in [0.15, 0.2) is 144 Å². The number of furan rings is 1. The van der Waals surface area contributed by atoms with E-state index in [4.69, 9.17) is 4.42 Å². The SMILES string of the molecule is C=C(c1ccccc1/C(=C1/C=CC=CC1)c1ccccc1)c1c(B(O)O)c2oc3ccccc3c2c2ccccc12. The lowest BCUT2D eigenvalue weighted by Crippen LogP contribution is -2.33. The Hall–Kier alpha value is -4.90. The summed E-state index contributed by atoms with van der Waals surface area (Å²) in [4.78, 5) is 0. The first-order valence-corrected chi connectivity index (χ1v) is 13.8. The number of fused-ring (bicyclic) bond motifs is 5. The molecule has 0 fully saturated rings. The summed E-state index contributed by atoms with van der Waals surface area (Å²) in [5.41, 5.74) is 8.27. The van der Waals surface area contributed by atoms with E-state index >= 15 is 0 Å². The van der Waals surface area contributed by atoms with Crippen molar-refractivity contribution >= 4 is 56.4 Å². The van der Waals surface area contributed by atoms with Crippen LogP contribution in [0, 0.1) is 0 Å². The van der Waals surface area contributed by atoms with Gasteiger partial charge >= 0.3 is 7.12 Å². The minimum atomic E-state index is -1.76. The van der Waals surface area contributed by atoms with Crippen LogP contribution in [0.25, 0.3) is 43.9 Å². The van der Waals surface area contributed by atoms with Crippen molar-refractivity contribution in [3.8, 4) is 0 Å². The van der Waals surface area contributed by atoms with Crippen LogP contribution < -0.4 is 5.46 Å². The molecule has 0 atom stereocenters. The molecule has 1 aromatic heterocycles. The number of para-hydroxylation sites is 1. The van der Waals surface area contributed by atoms with Crippen LogP contribution in [0.3, 0.4) is 0 Å². The molecule has 0 unspecified atom stereocenters. The van der Waals surface area contributed by atoms with Gasteiger partial charge in [0.2, 0.25) is 0 Å².